The van der Waals surface area contributed by atoms with E-state index in [1.54, 1.807) is 24.3 Å². The molecular weight excluding hydrogens is 367 g/mol. The van der Waals surface area contributed by atoms with Gasteiger partial charge in [-0.3, -0.25) is 9.10 Å². The molecule has 1 N–H and O–H groups in total. The molecule has 1 heterocycles. The molecule has 0 fully saturated rings. The number of rotatable bonds is 7. The van der Waals surface area contributed by atoms with Gasteiger partial charge in [-0.05, 0) is 42.5 Å². The zero-order chi connectivity index (χ0) is 19.3. The molecule has 0 saturated heterocycles. The van der Waals surface area contributed by atoms with Crippen LogP contribution in [-0.4, -0.2) is 33.2 Å². The summed E-state index contributed by atoms with van der Waals surface area (Å²) in [4.78, 5) is 12.0. The predicted molar refractivity (Wildman–Crippen MR) is 104 cm³/mol. The summed E-state index contributed by atoms with van der Waals surface area (Å²) in [6.45, 7) is 0.709. The third-order valence-electron chi connectivity index (χ3n) is 4.66. The van der Waals surface area contributed by atoms with Crippen molar-refractivity contribution in [2.45, 2.75) is 25.7 Å². The molecule has 0 saturated carbocycles. The van der Waals surface area contributed by atoms with E-state index in [9.17, 15) is 17.6 Å². The van der Waals surface area contributed by atoms with Gasteiger partial charge in [0, 0.05) is 19.5 Å². The number of nitrogens with one attached hydrogen (secondary N) is 1. The lowest BCUT2D eigenvalue weighted by Gasteiger charge is -2.30. The molecular formula is C20H23FN2O3S. The Hall–Kier alpha value is -2.41. The van der Waals surface area contributed by atoms with Gasteiger partial charge in [-0.15, -0.1) is 0 Å². The van der Waals surface area contributed by atoms with Crippen LogP contribution in [0.15, 0.2) is 48.5 Å². The van der Waals surface area contributed by atoms with Gasteiger partial charge in [0.25, 0.3) is 0 Å². The highest BCUT2D eigenvalue weighted by molar-refractivity contribution is 7.92. The van der Waals surface area contributed by atoms with Crippen LogP contribution in [0.3, 0.4) is 0 Å². The SMILES string of the molecule is O=C(CCS(=O)(=O)N1CCCc2ccccc21)NCCc1ccccc1F. The molecule has 7 heteroatoms. The summed E-state index contributed by atoms with van der Waals surface area (Å²) in [5.41, 5.74) is 2.25. The number of aryl methyl sites for hydroxylation is 1. The number of nitrogens with zero attached hydrogens (tertiary/aromatic N) is 1. The number of anilines is 1. The molecule has 1 amide bonds. The van der Waals surface area contributed by atoms with Crippen LogP contribution < -0.4 is 9.62 Å². The van der Waals surface area contributed by atoms with Crippen LogP contribution in [0.25, 0.3) is 0 Å². The fourth-order valence-electron chi connectivity index (χ4n) is 3.25. The molecule has 0 bridgehead atoms. The Morgan fingerprint density at radius 1 is 1.11 bits per heavy atom. The summed E-state index contributed by atoms with van der Waals surface area (Å²) in [5, 5.41) is 2.66. The summed E-state index contributed by atoms with van der Waals surface area (Å²) in [7, 11) is -3.56. The van der Waals surface area contributed by atoms with Gasteiger partial charge in [-0.1, -0.05) is 36.4 Å². The van der Waals surface area contributed by atoms with Crippen LogP contribution in [-0.2, 0) is 27.7 Å². The first kappa shape index (κ1) is 19.4. The number of hydrogen-bond donors (Lipinski definition) is 1. The van der Waals surface area contributed by atoms with E-state index in [2.05, 4.69) is 5.32 Å². The number of benzene rings is 2. The molecule has 0 aliphatic carbocycles. The average Bonchev–Trinajstić information content (AvgIpc) is 2.67. The zero-order valence-corrected chi connectivity index (χ0v) is 15.8. The van der Waals surface area contributed by atoms with E-state index in [0.29, 0.717) is 24.2 Å². The van der Waals surface area contributed by atoms with Crippen molar-refractivity contribution in [3.63, 3.8) is 0 Å². The number of halogens is 1. The Morgan fingerprint density at radius 2 is 1.85 bits per heavy atom. The molecule has 0 unspecified atom stereocenters. The number of sulfonamides is 1. The Morgan fingerprint density at radius 3 is 2.67 bits per heavy atom. The van der Waals surface area contributed by atoms with Crippen LogP contribution >= 0.6 is 0 Å². The number of carbonyl (C=O) groups is 1. The second-order valence-corrected chi connectivity index (χ2v) is 8.57. The first-order valence-electron chi connectivity index (χ1n) is 9.06. The molecule has 2 aromatic carbocycles. The standard InChI is InChI=1S/C20H23FN2O3S/c21-18-9-3-1-6-16(18)11-13-22-20(24)12-15-27(25,26)23-14-5-8-17-7-2-4-10-19(17)23/h1-4,6-7,9-10H,5,8,11-15H2,(H,22,24). The minimum absolute atomic E-state index is 0.113. The average molecular weight is 390 g/mol. The van der Waals surface area contributed by atoms with Crippen LogP contribution in [0.5, 0.6) is 0 Å². The smallest absolute Gasteiger partial charge is 0.235 e. The Bertz CT molecular complexity index is 915. The summed E-state index contributed by atoms with van der Waals surface area (Å²) < 4.78 is 40.3. The third kappa shape index (κ3) is 4.86. The van der Waals surface area contributed by atoms with Crippen molar-refractivity contribution in [3.8, 4) is 0 Å². The van der Waals surface area contributed by atoms with E-state index in [1.165, 1.54) is 10.4 Å². The number of carbonyl (C=O) groups excluding carboxylic acids is 1. The zero-order valence-electron chi connectivity index (χ0n) is 15.0. The van der Waals surface area contributed by atoms with Crippen LogP contribution in [0.4, 0.5) is 10.1 Å². The van der Waals surface area contributed by atoms with E-state index >= 15 is 0 Å². The minimum atomic E-state index is -3.56. The monoisotopic (exact) mass is 390 g/mol. The molecule has 2 aromatic rings. The van der Waals surface area contributed by atoms with Crippen molar-refractivity contribution in [2.24, 2.45) is 0 Å². The van der Waals surface area contributed by atoms with Gasteiger partial charge in [0.05, 0.1) is 11.4 Å². The van der Waals surface area contributed by atoms with E-state index in [0.717, 1.165) is 18.4 Å². The number of hydrogen-bond acceptors (Lipinski definition) is 3. The first-order chi connectivity index (χ1) is 13.0. The molecule has 0 atom stereocenters. The van der Waals surface area contributed by atoms with Gasteiger partial charge < -0.3 is 5.32 Å². The fraction of sp³-hybridized carbons (Fsp3) is 0.350. The maximum absolute atomic E-state index is 13.5. The number of amides is 1. The van der Waals surface area contributed by atoms with E-state index in [1.807, 2.05) is 18.2 Å². The lowest BCUT2D eigenvalue weighted by molar-refractivity contribution is -0.120. The van der Waals surface area contributed by atoms with Crippen molar-refractivity contribution in [3.05, 3.63) is 65.5 Å². The number of para-hydroxylation sites is 1. The van der Waals surface area contributed by atoms with Crippen molar-refractivity contribution in [1.82, 2.24) is 5.32 Å². The normalized spacial score (nSPS) is 13.9. The maximum atomic E-state index is 13.5. The van der Waals surface area contributed by atoms with Crippen molar-refractivity contribution in [1.29, 1.82) is 0 Å². The van der Waals surface area contributed by atoms with Crippen molar-refractivity contribution >= 4 is 21.6 Å². The van der Waals surface area contributed by atoms with Crippen LogP contribution in [0, 0.1) is 5.82 Å². The highest BCUT2D eigenvalue weighted by atomic mass is 32.2. The summed E-state index contributed by atoms with van der Waals surface area (Å²) in [5.74, 6) is -0.898. The van der Waals surface area contributed by atoms with E-state index in [4.69, 9.17) is 0 Å². The lowest BCUT2D eigenvalue weighted by Crippen LogP contribution is -2.38. The minimum Gasteiger partial charge on any atom is -0.356 e. The van der Waals surface area contributed by atoms with E-state index in [-0.39, 0.29) is 30.4 Å². The summed E-state index contributed by atoms with van der Waals surface area (Å²) in [6.07, 6.45) is 1.88. The fourth-order valence-corrected chi connectivity index (χ4v) is 4.79. The molecule has 144 valence electrons. The Labute approximate surface area is 159 Å². The quantitative estimate of drug-likeness (QED) is 0.790. The predicted octanol–water partition coefficient (Wildman–Crippen LogP) is 2.66. The van der Waals surface area contributed by atoms with E-state index < -0.39 is 10.0 Å². The highest BCUT2D eigenvalue weighted by Crippen LogP contribution is 2.29. The van der Waals surface area contributed by atoms with Crippen LogP contribution in [0.1, 0.15) is 24.0 Å². The second-order valence-electron chi connectivity index (χ2n) is 6.56. The van der Waals surface area contributed by atoms with Crippen molar-refractivity contribution in [2.75, 3.05) is 23.1 Å². The third-order valence-corrected chi connectivity index (χ3v) is 6.44. The highest BCUT2D eigenvalue weighted by Gasteiger charge is 2.27. The molecule has 1 aliphatic rings. The van der Waals surface area contributed by atoms with Gasteiger partial charge >= 0.3 is 0 Å². The summed E-state index contributed by atoms with van der Waals surface area (Å²) >= 11 is 0. The number of fused-ring (bicyclic) bond motifs is 1. The van der Waals surface area contributed by atoms with Gasteiger partial charge in [-0.2, -0.15) is 0 Å². The molecule has 0 radical (unpaired) electrons. The molecule has 5 nitrogen and oxygen atoms in total. The largest absolute Gasteiger partial charge is 0.356 e. The maximum Gasteiger partial charge on any atom is 0.235 e. The Balaban J connectivity index is 1.52. The molecule has 0 spiro atoms. The van der Waals surface area contributed by atoms with Crippen LogP contribution in [0.2, 0.25) is 0 Å². The molecule has 27 heavy (non-hydrogen) atoms. The molecule has 3 rings (SSSR count). The topological polar surface area (TPSA) is 66.5 Å². The van der Waals surface area contributed by atoms with Gasteiger partial charge in [0.1, 0.15) is 5.82 Å². The molecule has 0 aromatic heterocycles. The Kier molecular flexibility index (Phi) is 6.11. The van der Waals surface area contributed by atoms with Gasteiger partial charge in [0.15, 0.2) is 0 Å². The van der Waals surface area contributed by atoms with Crippen molar-refractivity contribution < 1.29 is 17.6 Å². The lowest BCUT2D eigenvalue weighted by atomic mass is 10.0. The van der Waals surface area contributed by atoms with Gasteiger partial charge in [0.2, 0.25) is 15.9 Å². The summed E-state index contributed by atoms with van der Waals surface area (Å²) in [6, 6.07) is 13.9. The molecule has 1 aliphatic heterocycles. The first-order valence-corrected chi connectivity index (χ1v) is 10.7. The van der Waals surface area contributed by atoms with Gasteiger partial charge in [-0.25, -0.2) is 12.8 Å². The second kappa shape index (κ2) is 8.52.